The average Bonchev–Trinajstić information content (AvgIpc) is 2.67. The van der Waals surface area contributed by atoms with Crippen LogP contribution in [-0.4, -0.2) is 60.1 Å². The third-order valence-electron chi connectivity index (χ3n) is 6.38. The number of amidine groups is 1. The number of oxime groups is 1. The Morgan fingerprint density at radius 2 is 1.66 bits per heavy atom. The lowest BCUT2D eigenvalue weighted by Crippen LogP contribution is -2.60. The lowest BCUT2D eigenvalue weighted by Gasteiger charge is -2.42. The molecule has 5 N–H and O–H groups in total. The Labute approximate surface area is 208 Å². The van der Waals surface area contributed by atoms with Crippen molar-refractivity contribution < 1.29 is 38.6 Å². The van der Waals surface area contributed by atoms with Crippen molar-refractivity contribution in [3.05, 3.63) is 11.8 Å². The van der Waals surface area contributed by atoms with Gasteiger partial charge in [-0.2, -0.15) is 0 Å². The number of hydrogen-bond acceptors (Lipinski definition) is 7. The second-order valence-electron chi connectivity index (χ2n) is 11.4. The lowest BCUT2D eigenvalue weighted by molar-refractivity contribution is -0.138. The van der Waals surface area contributed by atoms with Gasteiger partial charge in [0, 0.05) is 6.61 Å². The molecule has 0 unspecified atom stereocenters. The Hall–Kier alpha value is -2.60. The zero-order chi connectivity index (χ0) is 27.2. The third-order valence-corrected chi connectivity index (χ3v) is 10.9. The van der Waals surface area contributed by atoms with Crippen molar-refractivity contribution in [1.82, 2.24) is 5.32 Å². The first-order valence-corrected chi connectivity index (χ1v) is 14.5. The van der Waals surface area contributed by atoms with E-state index in [0.29, 0.717) is 38.4 Å². The number of carbonyl (C=O) groups excluding carboxylic acids is 1. The third kappa shape index (κ3) is 9.52. The Morgan fingerprint density at radius 1 is 1.11 bits per heavy atom. The van der Waals surface area contributed by atoms with Crippen molar-refractivity contribution in [3.8, 4) is 0 Å². The fourth-order valence-corrected chi connectivity index (χ4v) is 4.33. The molecule has 0 aliphatic heterocycles. The standard InChI is InChI=1S/C23H41N3O8Si/c1-21(2,3)33-20(31)25-23(19(24)26-34-16(18(29)30)13-17(27)28)11-9-15(10-12-23)14-32-35(7,8)22(4,5)6/h13,15H,9-12,14H2,1-8H3,(H2,24,26)(H,25,31)(H,27,28)(H,29,30)/b16-13-. The molecule has 12 heteroatoms. The summed E-state index contributed by atoms with van der Waals surface area (Å²) in [5.74, 6) is -3.98. The van der Waals surface area contributed by atoms with Crippen LogP contribution in [0.25, 0.3) is 0 Å². The molecule has 0 spiro atoms. The number of carboxylic acids is 2. The quantitative estimate of drug-likeness (QED) is 0.0890. The summed E-state index contributed by atoms with van der Waals surface area (Å²) < 4.78 is 11.7. The first-order valence-electron chi connectivity index (χ1n) is 11.6. The van der Waals surface area contributed by atoms with Crippen LogP contribution >= 0.6 is 0 Å². The van der Waals surface area contributed by atoms with Crippen LogP contribution in [0.15, 0.2) is 17.0 Å². The Balaban J connectivity index is 3.08. The van der Waals surface area contributed by atoms with Crippen molar-refractivity contribution in [2.45, 2.75) is 96.5 Å². The first-order chi connectivity index (χ1) is 15.8. The Bertz CT molecular complexity index is 848. The summed E-state index contributed by atoms with van der Waals surface area (Å²) in [6, 6.07) is 0. The number of hydrogen-bond donors (Lipinski definition) is 4. The molecule has 0 radical (unpaired) electrons. The number of nitrogens with one attached hydrogen (secondary N) is 1. The summed E-state index contributed by atoms with van der Waals surface area (Å²) in [7, 11) is -1.92. The maximum absolute atomic E-state index is 12.6. The van der Waals surface area contributed by atoms with Crippen LogP contribution in [-0.2, 0) is 23.6 Å². The van der Waals surface area contributed by atoms with Crippen LogP contribution < -0.4 is 11.1 Å². The second-order valence-corrected chi connectivity index (χ2v) is 16.3. The van der Waals surface area contributed by atoms with Crippen molar-refractivity contribution >= 4 is 32.2 Å². The number of nitrogens with zero attached hydrogens (tertiary/aromatic N) is 1. The van der Waals surface area contributed by atoms with Gasteiger partial charge in [-0.05, 0) is 70.5 Å². The molecule has 0 bridgehead atoms. The number of ether oxygens (including phenoxy) is 1. The van der Waals surface area contributed by atoms with E-state index in [1.807, 2.05) is 0 Å². The highest BCUT2D eigenvalue weighted by Gasteiger charge is 2.43. The molecule has 0 atom stereocenters. The van der Waals surface area contributed by atoms with Gasteiger partial charge in [0.2, 0.25) is 5.76 Å². The van der Waals surface area contributed by atoms with Crippen LogP contribution in [0, 0.1) is 5.92 Å². The number of carbonyl (C=O) groups is 3. The van der Waals surface area contributed by atoms with Crippen molar-refractivity contribution in [2.24, 2.45) is 16.8 Å². The summed E-state index contributed by atoms with van der Waals surface area (Å²) in [6.45, 7) is 16.7. The predicted molar refractivity (Wildman–Crippen MR) is 133 cm³/mol. The Kier molecular flexibility index (Phi) is 9.93. The van der Waals surface area contributed by atoms with Crippen molar-refractivity contribution in [2.75, 3.05) is 6.61 Å². The predicted octanol–water partition coefficient (Wildman–Crippen LogP) is 3.80. The van der Waals surface area contributed by atoms with E-state index >= 15 is 0 Å². The number of aliphatic carboxylic acids is 2. The van der Waals surface area contributed by atoms with Gasteiger partial charge < -0.3 is 35.3 Å². The SMILES string of the molecule is CC(C)(C)OC(=O)NC1(/C(N)=N/O/C(=C\C(=O)O)C(=O)O)CCC(CO[Si](C)(C)C(C)(C)C)CC1. The molecule has 1 aliphatic rings. The summed E-state index contributed by atoms with van der Waals surface area (Å²) in [5.41, 5.74) is 4.29. The van der Waals surface area contributed by atoms with E-state index in [2.05, 4.69) is 44.3 Å². The minimum atomic E-state index is -1.92. The molecule has 1 saturated carbocycles. The monoisotopic (exact) mass is 515 g/mol. The molecule has 0 aromatic rings. The van der Waals surface area contributed by atoms with E-state index < -0.39 is 43.2 Å². The Morgan fingerprint density at radius 3 is 2.09 bits per heavy atom. The van der Waals surface area contributed by atoms with Crippen LogP contribution in [0.4, 0.5) is 4.79 Å². The summed E-state index contributed by atoms with van der Waals surface area (Å²) in [4.78, 5) is 39.5. The zero-order valence-electron chi connectivity index (χ0n) is 22.1. The molecule has 11 nitrogen and oxygen atoms in total. The smallest absolute Gasteiger partial charge is 0.408 e. The van der Waals surface area contributed by atoms with Crippen LogP contribution in [0.3, 0.4) is 0 Å². The average molecular weight is 516 g/mol. The number of rotatable bonds is 9. The lowest BCUT2D eigenvalue weighted by atomic mass is 9.76. The maximum atomic E-state index is 12.6. The molecular formula is C23H41N3O8Si. The summed E-state index contributed by atoms with van der Waals surface area (Å²) in [5, 5.41) is 24.5. The second kappa shape index (κ2) is 11.4. The van der Waals surface area contributed by atoms with Crippen molar-refractivity contribution in [1.29, 1.82) is 0 Å². The first kappa shape index (κ1) is 30.4. The van der Waals surface area contributed by atoms with Crippen molar-refractivity contribution in [3.63, 3.8) is 0 Å². The molecule has 200 valence electrons. The van der Waals surface area contributed by atoms with Crippen LogP contribution in [0.2, 0.25) is 18.1 Å². The topological polar surface area (TPSA) is 170 Å². The van der Waals surface area contributed by atoms with Gasteiger partial charge in [-0.1, -0.05) is 25.9 Å². The highest BCUT2D eigenvalue weighted by atomic mass is 28.4. The van der Waals surface area contributed by atoms with Crippen LogP contribution in [0.1, 0.15) is 67.2 Å². The van der Waals surface area contributed by atoms with E-state index in [-0.39, 0.29) is 16.8 Å². The number of carboxylic acid groups (broad SMARTS) is 2. The normalized spacial score (nSPS) is 22.3. The molecule has 1 aliphatic carbocycles. The maximum Gasteiger partial charge on any atom is 0.408 e. The molecule has 35 heavy (non-hydrogen) atoms. The van der Waals surface area contributed by atoms with Gasteiger partial charge in [0.1, 0.15) is 11.1 Å². The highest BCUT2D eigenvalue weighted by Crippen LogP contribution is 2.39. The van der Waals surface area contributed by atoms with E-state index in [9.17, 15) is 14.4 Å². The molecule has 0 aromatic heterocycles. The summed E-state index contributed by atoms with van der Waals surface area (Å²) >= 11 is 0. The van der Waals surface area contributed by atoms with E-state index in [1.165, 1.54) is 0 Å². The highest BCUT2D eigenvalue weighted by molar-refractivity contribution is 6.74. The largest absolute Gasteiger partial charge is 0.478 e. The molecule has 1 fully saturated rings. The molecule has 1 rings (SSSR count). The zero-order valence-corrected chi connectivity index (χ0v) is 23.1. The van der Waals surface area contributed by atoms with E-state index in [4.69, 9.17) is 29.9 Å². The number of alkyl carbamates (subject to hydrolysis) is 1. The minimum Gasteiger partial charge on any atom is -0.478 e. The van der Waals surface area contributed by atoms with Gasteiger partial charge in [-0.3, -0.25) is 0 Å². The fraction of sp³-hybridized carbons (Fsp3) is 0.739. The molecule has 1 amide bonds. The minimum absolute atomic E-state index is 0.0867. The van der Waals surface area contributed by atoms with Gasteiger partial charge >= 0.3 is 18.0 Å². The number of amides is 1. The molecule has 0 heterocycles. The van der Waals surface area contributed by atoms with Gasteiger partial charge in [0.05, 0.1) is 6.08 Å². The summed E-state index contributed by atoms with van der Waals surface area (Å²) in [6.07, 6.45) is 1.77. The molecule has 0 aromatic carbocycles. The molecule has 0 saturated heterocycles. The van der Waals surface area contributed by atoms with Gasteiger partial charge in [0.15, 0.2) is 14.2 Å². The fourth-order valence-electron chi connectivity index (χ4n) is 3.25. The van der Waals surface area contributed by atoms with Crippen LogP contribution in [0.5, 0.6) is 0 Å². The van der Waals surface area contributed by atoms with E-state index in [0.717, 1.165) is 0 Å². The van der Waals surface area contributed by atoms with Gasteiger partial charge in [0.25, 0.3) is 0 Å². The van der Waals surface area contributed by atoms with Gasteiger partial charge in [-0.25, -0.2) is 14.4 Å². The van der Waals surface area contributed by atoms with E-state index in [1.54, 1.807) is 20.8 Å². The number of nitrogens with two attached hydrogens (primary N) is 1. The molecular weight excluding hydrogens is 474 g/mol. The van der Waals surface area contributed by atoms with Gasteiger partial charge in [-0.15, -0.1) is 0 Å².